The predicted octanol–water partition coefficient (Wildman–Crippen LogP) is 5.12. The standard InChI is InChI=1S/C24H31AsO5/c1-18-21(29-2)16-20(17-22(18)30-3)24(28)25(14-8-7-13-23(26)27)15-9-12-19-10-5-4-6-11-19/h4-6,10-11,16-17H,7-9,12-15H2,1-3H3,(H,26,27). The van der Waals surface area contributed by atoms with E-state index in [1.54, 1.807) is 14.2 Å². The summed E-state index contributed by atoms with van der Waals surface area (Å²) in [6.45, 7) is 1.91. The van der Waals surface area contributed by atoms with E-state index in [0.717, 1.165) is 35.2 Å². The number of aliphatic carboxylic acids is 1. The minimum atomic E-state index is -1.86. The molecule has 0 fully saturated rings. The molecule has 30 heavy (non-hydrogen) atoms. The molecule has 0 spiro atoms. The van der Waals surface area contributed by atoms with Crippen LogP contribution in [0, 0.1) is 6.92 Å². The molecule has 0 aliphatic heterocycles. The number of aryl methyl sites for hydroxylation is 1. The number of unbranched alkanes of at least 4 members (excludes halogenated alkanes) is 1. The van der Waals surface area contributed by atoms with E-state index in [9.17, 15) is 9.59 Å². The Morgan fingerprint density at radius 3 is 2.10 bits per heavy atom. The average molecular weight is 474 g/mol. The van der Waals surface area contributed by atoms with Crippen molar-refractivity contribution in [2.45, 2.75) is 49.4 Å². The van der Waals surface area contributed by atoms with E-state index in [0.29, 0.717) is 23.5 Å². The summed E-state index contributed by atoms with van der Waals surface area (Å²) in [6, 6.07) is 13.9. The van der Waals surface area contributed by atoms with Crippen LogP contribution >= 0.6 is 0 Å². The number of methoxy groups -OCH3 is 2. The fourth-order valence-electron chi connectivity index (χ4n) is 3.40. The van der Waals surface area contributed by atoms with Gasteiger partial charge in [0, 0.05) is 0 Å². The van der Waals surface area contributed by atoms with Gasteiger partial charge in [-0.25, -0.2) is 0 Å². The molecule has 2 aromatic carbocycles. The van der Waals surface area contributed by atoms with Crippen LogP contribution in [0.4, 0.5) is 0 Å². The van der Waals surface area contributed by atoms with Gasteiger partial charge in [-0.1, -0.05) is 0 Å². The number of carboxylic acid groups (broad SMARTS) is 1. The fourth-order valence-corrected chi connectivity index (χ4v) is 8.17. The zero-order valence-electron chi connectivity index (χ0n) is 18.0. The molecule has 1 unspecified atom stereocenters. The summed E-state index contributed by atoms with van der Waals surface area (Å²) in [4.78, 5) is 24.2. The number of carboxylic acids is 1. The number of ether oxygens (including phenoxy) is 2. The Morgan fingerprint density at radius 2 is 1.53 bits per heavy atom. The molecule has 162 valence electrons. The van der Waals surface area contributed by atoms with Gasteiger partial charge in [-0.2, -0.15) is 0 Å². The second-order valence-electron chi connectivity index (χ2n) is 7.24. The van der Waals surface area contributed by atoms with Crippen LogP contribution in [-0.4, -0.2) is 44.5 Å². The van der Waals surface area contributed by atoms with Crippen LogP contribution in [0.15, 0.2) is 42.5 Å². The summed E-state index contributed by atoms with van der Waals surface area (Å²) >= 11 is -1.86. The first-order valence-electron chi connectivity index (χ1n) is 10.2. The van der Waals surface area contributed by atoms with Crippen molar-refractivity contribution in [1.82, 2.24) is 0 Å². The van der Waals surface area contributed by atoms with Crippen LogP contribution in [-0.2, 0) is 11.2 Å². The number of hydrogen-bond donors (Lipinski definition) is 1. The van der Waals surface area contributed by atoms with E-state index in [1.165, 1.54) is 5.56 Å². The molecule has 5 nitrogen and oxygen atoms in total. The summed E-state index contributed by atoms with van der Waals surface area (Å²) < 4.78 is 11.1. The Bertz CT molecular complexity index is 810. The molecular formula is C24H31AsO5. The Kier molecular flexibility index (Phi) is 9.95. The van der Waals surface area contributed by atoms with Gasteiger partial charge in [0.2, 0.25) is 0 Å². The summed E-state index contributed by atoms with van der Waals surface area (Å²) in [7, 11) is 3.19. The molecule has 1 N–H and O–H groups in total. The topological polar surface area (TPSA) is 72.8 Å². The second-order valence-corrected chi connectivity index (χ2v) is 12.2. The third-order valence-electron chi connectivity index (χ3n) is 5.09. The average Bonchev–Trinajstić information content (AvgIpc) is 2.75. The fraction of sp³-hybridized carbons (Fsp3) is 0.417. The van der Waals surface area contributed by atoms with E-state index in [-0.39, 0.29) is 11.0 Å². The van der Waals surface area contributed by atoms with E-state index in [1.807, 2.05) is 37.3 Å². The van der Waals surface area contributed by atoms with Gasteiger partial charge in [0.25, 0.3) is 0 Å². The van der Waals surface area contributed by atoms with E-state index in [4.69, 9.17) is 14.6 Å². The summed E-state index contributed by atoms with van der Waals surface area (Å²) in [6.07, 6.45) is 3.48. The van der Waals surface area contributed by atoms with Gasteiger partial charge >= 0.3 is 184 Å². The number of benzene rings is 2. The zero-order chi connectivity index (χ0) is 21.9. The Balaban J connectivity index is 2.12. The SMILES string of the molecule is COc1cc(C(=O)[As](CCCCC(=O)O)CCCc2ccccc2)cc(OC)c1C. The maximum absolute atomic E-state index is 13.4. The second kappa shape index (κ2) is 12.4. The Labute approximate surface area is 183 Å². The molecule has 2 aromatic rings. The monoisotopic (exact) mass is 474 g/mol. The Morgan fingerprint density at radius 1 is 0.933 bits per heavy atom. The van der Waals surface area contributed by atoms with Gasteiger partial charge in [0.05, 0.1) is 0 Å². The first-order valence-corrected chi connectivity index (χ1v) is 13.8. The summed E-state index contributed by atoms with van der Waals surface area (Å²) in [5.74, 6) is 0.529. The predicted molar refractivity (Wildman–Crippen MR) is 120 cm³/mol. The Hall–Kier alpha value is -2.26. The molecule has 0 saturated carbocycles. The normalized spacial score (nSPS) is 11.7. The van der Waals surface area contributed by atoms with Crippen LogP contribution < -0.4 is 9.47 Å². The number of rotatable bonds is 13. The minimum absolute atomic E-state index is 0.159. The van der Waals surface area contributed by atoms with Crippen molar-refractivity contribution in [2.24, 2.45) is 0 Å². The third-order valence-corrected chi connectivity index (χ3v) is 10.4. The summed E-state index contributed by atoms with van der Waals surface area (Å²) in [5.41, 5.74) is 2.80. The molecule has 0 amide bonds. The van der Waals surface area contributed by atoms with Crippen molar-refractivity contribution < 1.29 is 24.2 Å². The maximum atomic E-state index is 13.4. The zero-order valence-corrected chi connectivity index (χ0v) is 19.9. The molecule has 1 atom stereocenters. The van der Waals surface area contributed by atoms with Gasteiger partial charge < -0.3 is 0 Å². The third kappa shape index (κ3) is 7.21. The van der Waals surface area contributed by atoms with E-state index in [2.05, 4.69) is 12.1 Å². The van der Waals surface area contributed by atoms with Crippen molar-refractivity contribution in [3.8, 4) is 11.5 Å². The van der Waals surface area contributed by atoms with Crippen molar-refractivity contribution in [1.29, 1.82) is 0 Å². The molecule has 0 saturated heterocycles. The molecule has 0 heterocycles. The first-order chi connectivity index (χ1) is 14.5. The van der Waals surface area contributed by atoms with Gasteiger partial charge in [-0.15, -0.1) is 0 Å². The molecule has 0 aliphatic carbocycles. The van der Waals surface area contributed by atoms with E-state index >= 15 is 0 Å². The molecule has 0 aliphatic rings. The summed E-state index contributed by atoms with van der Waals surface area (Å²) in [5, 5.41) is 10.6. The molecule has 0 bridgehead atoms. The molecule has 6 heteroatoms. The van der Waals surface area contributed by atoms with Gasteiger partial charge in [-0.05, 0) is 0 Å². The molecule has 0 radical (unpaired) electrons. The number of carbonyl (C=O) groups is 2. The van der Waals surface area contributed by atoms with Gasteiger partial charge in [0.1, 0.15) is 0 Å². The molecule has 0 aromatic heterocycles. The van der Waals surface area contributed by atoms with Gasteiger partial charge in [0.15, 0.2) is 0 Å². The van der Waals surface area contributed by atoms with Crippen LogP contribution in [0.3, 0.4) is 0 Å². The molecule has 2 rings (SSSR count). The van der Waals surface area contributed by atoms with Crippen molar-refractivity contribution in [3.63, 3.8) is 0 Å². The van der Waals surface area contributed by atoms with Gasteiger partial charge in [-0.3, -0.25) is 0 Å². The van der Waals surface area contributed by atoms with Crippen LogP contribution in [0.25, 0.3) is 0 Å². The van der Waals surface area contributed by atoms with Crippen LogP contribution in [0.2, 0.25) is 10.4 Å². The van der Waals surface area contributed by atoms with Crippen molar-refractivity contribution >= 4 is 25.2 Å². The van der Waals surface area contributed by atoms with Crippen molar-refractivity contribution in [2.75, 3.05) is 14.2 Å². The number of carbonyl (C=O) groups excluding carboxylic acids is 1. The molecular weight excluding hydrogens is 443 g/mol. The quantitative estimate of drug-likeness (QED) is 0.322. The number of hydrogen-bond acceptors (Lipinski definition) is 4. The van der Waals surface area contributed by atoms with E-state index < -0.39 is 20.6 Å². The van der Waals surface area contributed by atoms with Crippen LogP contribution in [0.1, 0.15) is 47.2 Å². The van der Waals surface area contributed by atoms with Crippen molar-refractivity contribution in [3.05, 3.63) is 59.2 Å². The first kappa shape index (κ1) is 24.0. The van der Waals surface area contributed by atoms with Crippen LogP contribution in [0.5, 0.6) is 11.5 Å².